The number of aromatic nitrogens is 1. The molecule has 150 valence electrons. The number of phenolic OH excluding ortho intramolecular Hbond substituents is 1. The molecule has 28 heavy (non-hydrogen) atoms. The van der Waals surface area contributed by atoms with Gasteiger partial charge in [-0.3, -0.25) is 9.69 Å². The molecule has 2 aliphatic heterocycles. The Morgan fingerprint density at radius 1 is 1.43 bits per heavy atom. The van der Waals surface area contributed by atoms with Crippen molar-refractivity contribution in [1.29, 1.82) is 0 Å². The lowest BCUT2D eigenvalue weighted by molar-refractivity contribution is -0.0769. The lowest BCUT2D eigenvalue weighted by atomic mass is 9.75. The van der Waals surface area contributed by atoms with Crippen LogP contribution in [0.25, 0.3) is 0 Å². The third-order valence-corrected chi connectivity index (χ3v) is 6.79. The number of likely N-dealkylation sites (N-methyl/N-ethyl adjacent to an activating group) is 1. The van der Waals surface area contributed by atoms with Gasteiger partial charge < -0.3 is 14.7 Å². The molecule has 4 rings (SSSR count). The average Bonchev–Trinajstić information content (AvgIpc) is 3.06. The molecule has 1 N–H and O–H groups in total. The summed E-state index contributed by atoms with van der Waals surface area (Å²) in [6.45, 7) is 5.82. The van der Waals surface area contributed by atoms with E-state index in [1.807, 2.05) is 11.8 Å². The summed E-state index contributed by atoms with van der Waals surface area (Å²) >= 11 is 1.65. The number of carbonyl (C=O) groups excluding carboxylic acids is 1. The zero-order valence-electron chi connectivity index (χ0n) is 16.4. The molecule has 0 aliphatic carbocycles. The van der Waals surface area contributed by atoms with Gasteiger partial charge in [0, 0.05) is 24.0 Å². The summed E-state index contributed by atoms with van der Waals surface area (Å²) in [7, 11) is 2.16. The van der Waals surface area contributed by atoms with Crippen LogP contribution in [0.1, 0.15) is 33.9 Å². The van der Waals surface area contributed by atoms with Crippen LogP contribution < -0.4 is 0 Å². The van der Waals surface area contributed by atoms with Gasteiger partial charge in [-0.25, -0.2) is 4.98 Å². The summed E-state index contributed by atoms with van der Waals surface area (Å²) in [4.78, 5) is 21.4. The number of amides is 1. The second-order valence-corrected chi connectivity index (χ2v) is 9.15. The minimum absolute atomic E-state index is 0.00722. The van der Waals surface area contributed by atoms with Crippen LogP contribution in [0.4, 0.5) is 0 Å². The molecule has 1 aromatic heterocycles. The summed E-state index contributed by atoms with van der Waals surface area (Å²) < 4.78 is 5.94. The lowest BCUT2D eigenvalue weighted by Gasteiger charge is -2.58. The molecule has 2 saturated heterocycles. The summed E-state index contributed by atoms with van der Waals surface area (Å²) in [5.74, 6) is 0.629. The van der Waals surface area contributed by atoms with Gasteiger partial charge in [0.15, 0.2) is 0 Å². The number of rotatable bonds is 5. The quantitative estimate of drug-likeness (QED) is 0.835. The first kappa shape index (κ1) is 19.4. The molecule has 1 spiro atoms. The molecule has 2 fully saturated rings. The summed E-state index contributed by atoms with van der Waals surface area (Å²) in [5, 5.41) is 12.8. The van der Waals surface area contributed by atoms with Crippen molar-refractivity contribution in [3.05, 3.63) is 45.9 Å². The fourth-order valence-electron chi connectivity index (χ4n) is 4.36. The Kier molecular flexibility index (Phi) is 5.40. The summed E-state index contributed by atoms with van der Waals surface area (Å²) in [5.41, 5.74) is 1.61. The van der Waals surface area contributed by atoms with Gasteiger partial charge >= 0.3 is 0 Å². The molecule has 0 bridgehead atoms. The second-order valence-electron chi connectivity index (χ2n) is 8.09. The van der Waals surface area contributed by atoms with Gasteiger partial charge in [0.2, 0.25) is 0 Å². The van der Waals surface area contributed by atoms with Crippen LogP contribution in [-0.2, 0) is 11.3 Å². The third-order valence-electron chi connectivity index (χ3n) is 5.97. The molecule has 0 radical (unpaired) electrons. The Balaban J connectivity index is 1.31. The lowest BCUT2D eigenvalue weighted by Crippen LogP contribution is -2.72. The molecule has 7 heteroatoms. The van der Waals surface area contributed by atoms with Gasteiger partial charge in [0.05, 0.1) is 29.5 Å². The Bertz CT molecular complexity index is 847. The van der Waals surface area contributed by atoms with Crippen LogP contribution in [0.15, 0.2) is 29.6 Å². The Hall–Kier alpha value is -1.96. The SMILES string of the molecule is Cc1nc(COC[C@@H]2CCN(C)C3(C2)CN(C(=O)c2cccc(O)c2)C3)cs1. The van der Waals surface area contributed by atoms with Gasteiger partial charge in [0.1, 0.15) is 5.75 Å². The first-order valence-electron chi connectivity index (χ1n) is 9.73. The zero-order chi connectivity index (χ0) is 19.7. The Morgan fingerprint density at radius 2 is 2.25 bits per heavy atom. The predicted molar refractivity (Wildman–Crippen MR) is 109 cm³/mol. The molecular weight excluding hydrogens is 374 g/mol. The molecule has 2 aromatic rings. The molecule has 6 nitrogen and oxygen atoms in total. The summed E-state index contributed by atoms with van der Waals surface area (Å²) in [6.07, 6.45) is 2.16. The highest BCUT2D eigenvalue weighted by Gasteiger charge is 2.51. The van der Waals surface area contributed by atoms with Crippen molar-refractivity contribution in [3.8, 4) is 5.75 Å². The van der Waals surface area contributed by atoms with Gasteiger partial charge in [0.25, 0.3) is 5.91 Å². The minimum Gasteiger partial charge on any atom is -0.508 e. The number of aromatic hydroxyl groups is 1. The van der Waals surface area contributed by atoms with Crippen molar-refractivity contribution >= 4 is 17.2 Å². The number of carbonyl (C=O) groups is 1. The first-order chi connectivity index (χ1) is 13.4. The fraction of sp³-hybridized carbons (Fsp3) is 0.524. The molecule has 1 aromatic carbocycles. The number of benzene rings is 1. The highest BCUT2D eigenvalue weighted by atomic mass is 32.1. The largest absolute Gasteiger partial charge is 0.508 e. The van der Waals surface area contributed by atoms with E-state index in [0.717, 1.165) is 49.8 Å². The maximum atomic E-state index is 12.7. The van der Waals surface area contributed by atoms with Crippen molar-refractivity contribution in [3.63, 3.8) is 0 Å². The summed E-state index contributed by atoms with van der Waals surface area (Å²) in [6, 6.07) is 6.59. The van der Waals surface area contributed by atoms with E-state index in [-0.39, 0.29) is 17.2 Å². The number of piperidine rings is 1. The predicted octanol–water partition coefficient (Wildman–Crippen LogP) is 2.91. The van der Waals surface area contributed by atoms with Crippen molar-refractivity contribution < 1.29 is 14.6 Å². The number of likely N-dealkylation sites (tertiary alicyclic amines) is 2. The molecule has 2 aliphatic rings. The third kappa shape index (κ3) is 3.92. The standard InChI is InChI=1S/C21H27N3O3S/c1-15-22-18(12-28-15)11-27-10-16-6-7-23(2)21(9-16)13-24(14-21)20(26)17-4-3-5-19(25)8-17/h3-5,8,12,16,25H,6-7,9-11,13-14H2,1-2H3/t16-/m1/s1. The Labute approximate surface area is 169 Å². The van der Waals surface area contributed by atoms with E-state index in [1.54, 1.807) is 29.5 Å². The van der Waals surface area contributed by atoms with E-state index in [9.17, 15) is 9.90 Å². The van der Waals surface area contributed by atoms with E-state index < -0.39 is 0 Å². The highest BCUT2D eigenvalue weighted by molar-refractivity contribution is 7.09. The number of phenols is 1. The first-order valence-corrected chi connectivity index (χ1v) is 10.6. The minimum atomic E-state index is -0.00722. The molecule has 3 heterocycles. The molecule has 1 amide bonds. The van der Waals surface area contributed by atoms with Crippen LogP contribution >= 0.6 is 11.3 Å². The molecule has 1 atom stereocenters. The number of nitrogens with zero attached hydrogens (tertiary/aromatic N) is 3. The van der Waals surface area contributed by atoms with Crippen molar-refractivity contribution in [2.75, 3.05) is 33.3 Å². The average molecular weight is 402 g/mol. The molecule has 0 saturated carbocycles. The van der Waals surface area contributed by atoms with Crippen molar-refractivity contribution in [2.45, 2.75) is 31.9 Å². The van der Waals surface area contributed by atoms with Crippen LogP contribution in [0.3, 0.4) is 0 Å². The van der Waals surface area contributed by atoms with Gasteiger partial charge in [-0.2, -0.15) is 0 Å². The van der Waals surface area contributed by atoms with E-state index in [2.05, 4.69) is 22.3 Å². The van der Waals surface area contributed by atoms with Crippen LogP contribution in [0.5, 0.6) is 5.75 Å². The number of hydrogen-bond acceptors (Lipinski definition) is 6. The van der Waals surface area contributed by atoms with Gasteiger partial charge in [-0.05, 0) is 57.5 Å². The maximum absolute atomic E-state index is 12.7. The van der Waals surface area contributed by atoms with Crippen LogP contribution in [0, 0.1) is 12.8 Å². The number of hydrogen-bond donors (Lipinski definition) is 1. The Morgan fingerprint density at radius 3 is 2.96 bits per heavy atom. The van der Waals surface area contributed by atoms with Crippen LogP contribution in [0.2, 0.25) is 0 Å². The highest BCUT2D eigenvalue weighted by Crippen LogP contribution is 2.39. The fourth-order valence-corrected chi connectivity index (χ4v) is 4.95. The van der Waals surface area contributed by atoms with E-state index in [4.69, 9.17) is 4.74 Å². The molecule has 0 unspecified atom stereocenters. The smallest absolute Gasteiger partial charge is 0.254 e. The molecular formula is C21H27N3O3S. The van der Waals surface area contributed by atoms with Crippen molar-refractivity contribution in [2.24, 2.45) is 5.92 Å². The normalized spacial score (nSPS) is 21.6. The maximum Gasteiger partial charge on any atom is 0.254 e. The van der Waals surface area contributed by atoms with E-state index in [1.165, 1.54) is 6.07 Å². The number of ether oxygens (including phenoxy) is 1. The van der Waals surface area contributed by atoms with Crippen molar-refractivity contribution in [1.82, 2.24) is 14.8 Å². The van der Waals surface area contributed by atoms with E-state index >= 15 is 0 Å². The number of thiazole rings is 1. The zero-order valence-corrected chi connectivity index (χ0v) is 17.2. The van der Waals surface area contributed by atoms with Gasteiger partial charge in [-0.15, -0.1) is 11.3 Å². The monoisotopic (exact) mass is 401 g/mol. The number of aryl methyl sites for hydroxylation is 1. The second kappa shape index (κ2) is 7.81. The van der Waals surface area contributed by atoms with Crippen LogP contribution in [-0.4, -0.2) is 64.6 Å². The topological polar surface area (TPSA) is 65.9 Å². The van der Waals surface area contributed by atoms with Gasteiger partial charge in [-0.1, -0.05) is 6.07 Å². The van der Waals surface area contributed by atoms with E-state index in [0.29, 0.717) is 18.1 Å².